The number of nitrogens with one attached hydrogen (secondary N) is 2. The summed E-state index contributed by atoms with van der Waals surface area (Å²) in [6.07, 6.45) is 1.70. The second-order valence-electron chi connectivity index (χ2n) is 4.94. The van der Waals surface area contributed by atoms with Gasteiger partial charge in [0, 0.05) is 38.7 Å². The van der Waals surface area contributed by atoms with E-state index in [1.165, 1.54) is 0 Å². The first-order valence-electron chi connectivity index (χ1n) is 6.32. The topological polar surface area (TPSA) is 65.1 Å². The number of hydrogen-bond acceptors (Lipinski definition) is 2. The Balaban J connectivity index is 2.29. The molecule has 0 radical (unpaired) electrons. The number of rotatable bonds is 4. The first kappa shape index (κ1) is 15.5. The molecule has 2 unspecified atom stereocenters. The van der Waals surface area contributed by atoms with Crippen LogP contribution in [0, 0.1) is 5.92 Å². The van der Waals surface area contributed by atoms with Crippen LogP contribution in [0.4, 0.5) is 0 Å². The average molecular weight is 404 g/mol. The van der Waals surface area contributed by atoms with Gasteiger partial charge in [0.1, 0.15) is 0 Å². The molecule has 4 nitrogen and oxygen atoms in total. The van der Waals surface area contributed by atoms with Crippen LogP contribution in [0.25, 0.3) is 10.9 Å². The summed E-state index contributed by atoms with van der Waals surface area (Å²) in [7, 11) is 0. The van der Waals surface area contributed by atoms with Crippen LogP contribution in [-0.2, 0) is 0 Å². The van der Waals surface area contributed by atoms with E-state index in [-0.39, 0.29) is 24.5 Å². The molecule has 1 heterocycles. The minimum atomic E-state index is -0.140. The number of aromatic amines is 1. The van der Waals surface area contributed by atoms with Crippen molar-refractivity contribution in [3.8, 4) is 0 Å². The van der Waals surface area contributed by atoms with Crippen molar-refractivity contribution in [1.82, 2.24) is 10.3 Å². The highest BCUT2D eigenvalue weighted by atomic mass is 79.9. The lowest BCUT2D eigenvalue weighted by molar-refractivity contribution is 0.0918. The number of H-pyrrole nitrogens is 1. The molecule has 0 aliphatic carbocycles. The van der Waals surface area contributed by atoms with E-state index >= 15 is 0 Å². The van der Waals surface area contributed by atoms with Crippen LogP contribution in [0.15, 0.2) is 27.3 Å². The number of fused-ring (bicyclic) bond motifs is 1. The highest BCUT2D eigenvalue weighted by Gasteiger charge is 2.18. The molecule has 1 amide bonds. The van der Waals surface area contributed by atoms with Crippen LogP contribution in [0.1, 0.15) is 24.2 Å². The number of benzene rings is 1. The highest BCUT2D eigenvalue weighted by Crippen LogP contribution is 2.30. The van der Waals surface area contributed by atoms with Gasteiger partial charge in [0.05, 0.1) is 5.56 Å². The molecule has 2 aromatic rings. The van der Waals surface area contributed by atoms with Gasteiger partial charge in [-0.05, 0) is 56.8 Å². The fraction of sp³-hybridized carbons (Fsp3) is 0.357. The first-order valence-corrected chi connectivity index (χ1v) is 7.90. The lowest BCUT2D eigenvalue weighted by Crippen LogP contribution is -2.38. The Morgan fingerprint density at radius 2 is 2.00 bits per heavy atom. The third kappa shape index (κ3) is 3.07. The summed E-state index contributed by atoms with van der Waals surface area (Å²) in [6.45, 7) is 3.84. The predicted octanol–water partition coefficient (Wildman–Crippen LogP) is 3.44. The van der Waals surface area contributed by atoms with Crippen LogP contribution in [0.3, 0.4) is 0 Å². The van der Waals surface area contributed by atoms with Crippen molar-refractivity contribution in [3.05, 3.63) is 32.8 Å². The number of carbonyl (C=O) groups is 1. The molecular weight excluding hydrogens is 388 g/mol. The molecule has 6 heteroatoms. The number of amides is 1. The number of aliphatic hydroxyl groups is 1. The molecule has 0 aliphatic heterocycles. The maximum absolute atomic E-state index is 12.3. The molecule has 2 rings (SSSR count). The van der Waals surface area contributed by atoms with E-state index in [4.69, 9.17) is 5.11 Å². The molecule has 0 fully saturated rings. The number of hydrogen-bond donors (Lipinski definition) is 3. The fourth-order valence-corrected chi connectivity index (χ4v) is 2.58. The van der Waals surface area contributed by atoms with E-state index in [2.05, 4.69) is 42.2 Å². The largest absolute Gasteiger partial charge is 0.396 e. The quantitative estimate of drug-likeness (QED) is 0.731. The summed E-state index contributed by atoms with van der Waals surface area (Å²) >= 11 is 6.88. The molecule has 2 atom stereocenters. The van der Waals surface area contributed by atoms with E-state index in [0.717, 1.165) is 19.8 Å². The third-order valence-corrected chi connectivity index (χ3v) is 5.31. The SMILES string of the molecule is CC(CO)C(C)NC(=O)c1c[nH]c2cc(Br)c(Br)cc12. The molecule has 20 heavy (non-hydrogen) atoms. The van der Waals surface area contributed by atoms with Crippen molar-refractivity contribution in [1.29, 1.82) is 0 Å². The van der Waals surface area contributed by atoms with E-state index in [1.807, 2.05) is 26.0 Å². The Morgan fingerprint density at radius 3 is 2.65 bits per heavy atom. The monoisotopic (exact) mass is 402 g/mol. The average Bonchev–Trinajstić information content (AvgIpc) is 2.81. The van der Waals surface area contributed by atoms with Gasteiger partial charge in [0.25, 0.3) is 5.91 Å². The third-order valence-electron chi connectivity index (χ3n) is 3.47. The zero-order valence-corrected chi connectivity index (χ0v) is 14.4. The summed E-state index contributed by atoms with van der Waals surface area (Å²) in [6, 6.07) is 3.75. The van der Waals surface area contributed by atoms with Crippen molar-refractivity contribution in [3.63, 3.8) is 0 Å². The first-order chi connectivity index (χ1) is 9.43. The normalized spacial score (nSPS) is 14.2. The van der Waals surface area contributed by atoms with Gasteiger partial charge >= 0.3 is 0 Å². The summed E-state index contributed by atoms with van der Waals surface area (Å²) in [5.74, 6) is -0.122. The summed E-state index contributed by atoms with van der Waals surface area (Å²) in [4.78, 5) is 15.4. The zero-order chi connectivity index (χ0) is 14.9. The second-order valence-corrected chi connectivity index (χ2v) is 6.64. The van der Waals surface area contributed by atoms with Gasteiger partial charge in [0.15, 0.2) is 0 Å². The Hall–Kier alpha value is -0.850. The Morgan fingerprint density at radius 1 is 1.35 bits per heavy atom. The molecule has 0 spiro atoms. The fourth-order valence-electron chi connectivity index (χ4n) is 1.89. The lowest BCUT2D eigenvalue weighted by atomic mass is 10.0. The molecule has 108 valence electrons. The van der Waals surface area contributed by atoms with Crippen molar-refractivity contribution in [2.24, 2.45) is 5.92 Å². The van der Waals surface area contributed by atoms with Crippen molar-refractivity contribution >= 4 is 48.7 Å². The van der Waals surface area contributed by atoms with Gasteiger partial charge in [-0.2, -0.15) is 0 Å². The predicted molar refractivity (Wildman–Crippen MR) is 86.9 cm³/mol. The molecule has 1 aromatic heterocycles. The highest BCUT2D eigenvalue weighted by molar-refractivity contribution is 9.13. The second kappa shape index (κ2) is 6.28. The van der Waals surface area contributed by atoms with Crippen LogP contribution < -0.4 is 5.32 Å². The van der Waals surface area contributed by atoms with Crippen LogP contribution in [-0.4, -0.2) is 28.6 Å². The van der Waals surface area contributed by atoms with Gasteiger partial charge in [-0.15, -0.1) is 0 Å². The smallest absolute Gasteiger partial charge is 0.253 e. The van der Waals surface area contributed by atoms with E-state index in [0.29, 0.717) is 5.56 Å². The summed E-state index contributed by atoms with van der Waals surface area (Å²) in [5, 5.41) is 12.9. The molecule has 0 saturated heterocycles. The molecule has 0 bridgehead atoms. The molecule has 0 saturated carbocycles. The standard InChI is InChI=1S/C14H16Br2N2O2/c1-7(6-19)8(2)18-14(20)10-5-17-13-4-12(16)11(15)3-9(10)13/h3-5,7-8,17,19H,6H2,1-2H3,(H,18,20). The van der Waals surface area contributed by atoms with E-state index in [9.17, 15) is 4.79 Å². The summed E-state index contributed by atoms with van der Waals surface area (Å²) in [5.41, 5.74) is 1.50. The Bertz CT molecular complexity index is 639. The Kier molecular flexibility index (Phi) is 4.88. The van der Waals surface area contributed by atoms with Gasteiger partial charge in [0.2, 0.25) is 0 Å². The van der Waals surface area contributed by atoms with Crippen LogP contribution in [0.5, 0.6) is 0 Å². The maximum atomic E-state index is 12.3. The number of carbonyl (C=O) groups excluding carboxylic acids is 1. The van der Waals surface area contributed by atoms with Gasteiger partial charge < -0.3 is 15.4 Å². The van der Waals surface area contributed by atoms with Gasteiger partial charge in [-0.1, -0.05) is 6.92 Å². The molecular formula is C14H16Br2N2O2. The number of aromatic nitrogens is 1. The number of halogens is 2. The minimum absolute atomic E-state index is 0.0186. The van der Waals surface area contributed by atoms with Crippen molar-refractivity contribution in [2.75, 3.05) is 6.61 Å². The maximum Gasteiger partial charge on any atom is 0.253 e. The number of aliphatic hydroxyl groups excluding tert-OH is 1. The molecule has 1 aromatic carbocycles. The van der Waals surface area contributed by atoms with Crippen molar-refractivity contribution < 1.29 is 9.90 Å². The zero-order valence-electron chi connectivity index (χ0n) is 11.2. The van der Waals surface area contributed by atoms with E-state index in [1.54, 1.807) is 6.20 Å². The van der Waals surface area contributed by atoms with Gasteiger partial charge in [-0.25, -0.2) is 0 Å². The van der Waals surface area contributed by atoms with Crippen molar-refractivity contribution in [2.45, 2.75) is 19.9 Å². The minimum Gasteiger partial charge on any atom is -0.396 e. The van der Waals surface area contributed by atoms with Gasteiger partial charge in [-0.3, -0.25) is 4.79 Å². The van der Waals surface area contributed by atoms with Crippen LogP contribution in [0.2, 0.25) is 0 Å². The Labute approximate surface area is 134 Å². The van der Waals surface area contributed by atoms with Crippen LogP contribution >= 0.6 is 31.9 Å². The molecule has 3 N–H and O–H groups in total. The lowest BCUT2D eigenvalue weighted by Gasteiger charge is -2.19. The summed E-state index contributed by atoms with van der Waals surface area (Å²) < 4.78 is 1.83. The molecule has 0 aliphatic rings. The van der Waals surface area contributed by atoms with E-state index < -0.39 is 0 Å².